The Labute approximate surface area is 152 Å². The molecule has 1 atom stereocenters. The van der Waals surface area contributed by atoms with E-state index in [9.17, 15) is 22.8 Å². The summed E-state index contributed by atoms with van der Waals surface area (Å²) in [5, 5.41) is 2.84. The van der Waals surface area contributed by atoms with Crippen LogP contribution in [0.5, 0.6) is 0 Å². The minimum Gasteiger partial charge on any atom is -0.381 e. The average Bonchev–Trinajstić information content (AvgIpc) is 2.61. The fourth-order valence-corrected chi connectivity index (χ4v) is 3.01. The van der Waals surface area contributed by atoms with E-state index in [0.29, 0.717) is 31.6 Å². The van der Waals surface area contributed by atoms with Gasteiger partial charge >= 0.3 is 17.6 Å². The van der Waals surface area contributed by atoms with Crippen molar-refractivity contribution < 1.29 is 17.9 Å². The number of benzene rings is 1. The average molecular weight is 384 g/mol. The van der Waals surface area contributed by atoms with Gasteiger partial charge in [-0.05, 0) is 37.5 Å². The quantitative estimate of drug-likeness (QED) is 0.846. The molecule has 27 heavy (non-hydrogen) atoms. The standard InChI is InChI=1S/C17H19F3N4O3/c1-10(11-2-4-12(5-3-11)17(18,19)20)21-14-22-15(25)24(16(26)23-14)13-6-8-27-9-7-13/h2-5,10,13H,6-9H2,1H3,(H2,21,22,23,25,26)/t10-/m1/s1. The van der Waals surface area contributed by atoms with E-state index in [1.165, 1.54) is 12.1 Å². The van der Waals surface area contributed by atoms with Crippen LogP contribution in [0.15, 0.2) is 33.9 Å². The van der Waals surface area contributed by atoms with Gasteiger partial charge in [-0.3, -0.25) is 4.98 Å². The number of halogens is 3. The van der Waals surface area contributed by atoms with E-state index in [-0.39, 0.29) is 12.0 Å². The number of hydrogen-bond donors (Lipinski definition) is 2. The van der Waals surface area contributed by atoms with Crippen LogP contribution in [0, 0.1) is 0 Å². The summed E-state index contributed by atoms with van der Waals surface area (Å²) in [5.41, 5.74) is -1.44. The Morgan fingerprint density at radius 1 is 1.22 bits per heavy atom. The van der Waals surface area contributed by atoms with Crippen molar-refractivity contribution in [3.63, 3.8) is 0 Å². The van der Waals surface area contributed by atoms with Gasteiger partial charge in [0.1, 0.15) is 0 Å². The Kier molecular flexibility index (Phi) is 5.36. The van der Waals surface area contributed by atoms with Crippen molar-refractivity contribution in [2.75, 3.05) is 18.5 Å². The summed E-state index contributed by atoms with van der Waals surface area (Å²) in [7, 11) is 0. The Hall–Kier alpha value is -2.62. The summed E-state index contributed by atoms with van der Waals surface area (Å²) >= 11 is 0. The summed E-state index contributed by atoms with van der Waals surface area (Å²) in [6.45, 7) is 2.63. The van der Waals surface area contributed by atoms with E-state index in [0.717, 1.165) is 16.7 Å². The number of H-pyrrole nitrogens is 1. The van der Waals surface area contributed by atoms with Crippen molar-refractivity contribution in [3.05, 3.63) is 56.4 Å². The van der Waals surface area contributed by atoms with E-state index in [1.54, 1.807) is 6.92 Å². The maximum Gasteiger partial charge on any atom is 0.416 e. The van der Waals surface area contributed by atoms with Crippen molar-refractivity contribution >= 4 is 5.95 Å². The second kappa shape index (κ2) is 7.55. The van der Waals surface area contributed by atoms with Gasteiger partial charge in [-0.25, -0.2) is 14.2 Å². The van der Waals surface area contributed by atoms with Crippen LogP contribution in [-0.2, 0) is 10.9 Å². The zero-order valence-electron chi connectivity index (χ0n) is 14.5. The summed E-state index contributed by atoms with van der Waals surface area (Å²) in [4.78, 5) is 30.9. The molecule has 1 aliphatic rings. The molecule has 0 bridgehead atoms. The van der Waals surface area contributed by atoms with Gasteiger partial charge in [0, 0.05) is 19.3 Å². The van der Waals surface area contributed by atoms with Crippen molar-refractivity contribution in [1.82, 2.24) is 14.5 Å². The molecular weight excluding hydrogens is 365 g/mol. The van der Waals surface area contributed by atoms with Crippen LogP contribution in [0.3, 0.4) is 0 Å². The van der Waals surface area contributed by atoms with Crippen LogP contribution in [0.4, 0.5) is 19.1 Å². The van der Waals surface area contributed by atoms with Crippen molar-refractivity contribution in [1.29, 1.82) is 0 Å². The predicted molar refractivity (Wildman–Crippen MR) is 91.7 cm³/mol. The number of nitrogens with one attached hydrogen (secondary N) is 2. The first-order chi connectivity index (χ1) is 12.8. The molecule has 0 amide bonds. The lowest BCUT2D eigenvalue weighted by Crippen LogP contribution is -2.42. The minimum absolute atomic E-state index is 0.0271. The lowest BCUT2D eigenvalue weighted by Gasteiger charge is -2.23. The summed E-state index contributed by atoms with van der Waals surface area (Å²) < 4.78 is 44.2. The molecule has 0 saturated carbocycles. The number of nitrogens with zero attached hydrogens (tertiary/aromatic N) is 2. The molecule has 2 aromatic rings. The molecule has 1 aromatic carbocycles. The topological polar surface area (TPSA) is 89.0 Å². The first-order valence-electron chi connectivity index (χ1n) is 8.50. The molecule has 0 radical (unpaired) electrons. The van der Waals surface area contributed by atoms with E-state index in [2.05, 4.69) is 15.3 Å². The molecule has 2 heterocycles. The smallest absolute Gasteiger partial charge is 0.381 e. The summed E-state index contributed by atoms with van der Waals surface area (Å²) in [6, 6.07) is 3.90. The second-order valence-corrected chi connectivity index (χ2v) is 6.37. The summed E-state index contributed by atoms with van der Waals surface area (Å²) in [5.74, 6) is -0.0271. The zero-order valence-corrected chi connectivity index (χ0v) is 14.5. The van der Waals surface area contributed by atoms with Crippen molar-refractivity contribution in [2.24, 2.45) is 0 Å². The number of alkyl halides is 3. The lowest BCUT2D eigenvalue weighted by molar-refractivity contribution is -0.137. The van der Waals surface area contributed by atoms with E-state index in [4.69, 9.17) is 4.74 Å². The Balaban J connectivity index is 1.77. The van der Waals surface area contributed by atoms with Crippen LogP contribution >= 0.6 is 0 Å². The van der Waals surface area contributed by atoms with Gasteiger partial charge in [-0.1, -0.05) is 12.1 Å². The third-order valence-corrected chi connectivity index (χ3v) is 4.50. The van der Waals surface area contributed by atoms with Crippen LogP contribution in [0.2, 0.25) is 0 Å². The fourth-order valence-electron chi connectivity index (χ4n) is 3.01. The first kappa shape index (κ1) is 19.2. The van der Waals surface area contributed by atoms with E-state index in [1.807, 2.05) is 0 Å². The van der Waals surface area contributed by atoms with E-state index >= 15 is 0 Å². The molecule has 10 heteroatoms. The number of aromatic amines is 1. The Morgan fingerprint density at radius 3 is 2.41 bits per heavy atom. The van der Waals surface area contributed by atoms with Crippen LogP contribution in [0.1, 0.15) is 43.0 Å². The molecule has 0 unspecified atom stereocenters. The lowest BCUT2D eigenvalue weighted by atomic mass is 10.1. The van der Waals surface area contributed by atoms with Gasteiger partial charge < -0.3 is 10.1 Å². The van der Waals surface area contributed by atoms with Gasteiger partial charge in [-0.15, -0.1) is 0 Å². The number of hydrogen-bond acceptors (Lipinski definition) is 5. The predicted octanol–water partition coefficient (Wildman–Crippen LogP) is 2.48. The van der Waals surface area contributed by atoms with Gasteiger partial charge in [0.15, 0.2) is 0 Å². The highest BCUT2D eigenvalue weighted by Gasteiger charge is 2.30. The third kappa shape index (κ3) is 4.38. The molecule has 1 aliphatic heterocycles. The van der Waals surface area contributed by atoms with Gasteiger partial charge in [-0.2, -0.15) is 18.2 Å². The first-order valence-corrected chi connectivity index (χ1v) is 8.50. The summed E-state index contributed by atoms with van der Waals surface area (Å²) in [6.07, 6.45) is -3.30. The molecule has 7 nitrogen and oxygen atoms in total. The highest BCUT2D eigenvalue weighted by Crippen LogP contribution is 2.30. The number of anilines is 1. The second-order valence-electron chi connectivity index (χ2n) is 6.37. The molecule has 1 aromatic heterocycles. The van der Waals surface area contributed by atoms with Gasteiger partial charge in [0.05, 0.1) is 11.6 Å². The van der Waals surface area contributed by atoms with Crippen molar-refractivity contribution in [2.45, 2.75) is 38.0 Å². The van der Waals surface area contributed by atoms with Gasteiger partial charge in [0.25, 0.3) is 0 Å². The minimum atomic E-state index is -4.41. The molecule has 0 spiro atoms. The van der Waals surface area contributed by atoms with E-state index < -0.39 is 29.2 Å². The van der Waals surface area contributed by atoms with Crippen molar-refractivity contribution in [3.8, 4) is 0 Å². The molecule has 1 fully saturated rings. The normalized spacial score (nSPS) is 16.9. The highest BCUT2D eigenvalue weighted by molar-refractivity contribution is 5.32. The maximum atomic E-state index is 12.6. The fraction of sp³-hybridized carbons (Fsp3) is 0.471. The molecular formula is C17H19F3N4O3. The van der Waals surface area contributed by atoms with Crippen LogP contribution < -0.4 is 16.7 Å². The molecule has 2 N–H and O–H groups in total. The van der Waals surface area contributed by atoms with Gasteiger partial charge in [0.2, 0.25) is 5.95 Å². The van der Waals surface area contributed by atoms with Crippen LogP contribution in [-0.4, -0.2) is 27.7 Å². The monoisotopic (exact) mass is 384 g/mol. The third-order valence-electron chi connectivity index (χ3n) is 4.50. The molecule has 1 saturated heterocycles. The number of aromatic nitrogens is 3. The molecule has 146 valence electrons. The molecule has 0 aliphatic carbocycles. The maximum absolute atomic E-state index is 12.6. The zero-order chi connectivity index (χ0) is 19.6. The Bertz CT molecular complexity index is 868. The van der Waals surface area contributed by atoms with Crippen LogP contribution in [0.25, 0.3) is 0 Å². The number of rotatable bonds is 4. The molecule has 3 rings (SSSR count). The Morgan fingerprint density at radius 2 is 1.85 bits per heavy atom. The largest absolute Gasteiger partial charge is 0.416 e. The highest BCUT2D eigenvalue weighted by atomic mass is 19.4. The number of ether oxygens (including phenoxy) is 1. The SMILES string of the molecule is C[C@@H](Nc1nc(=O)n(C2CCOCC2)c(=O)[nH]1)c1ccc(C(F)(F)F)cc1.